The Balaban J connectivity index is 2.96. The molecule has 0 aliphatic carbocycles. The highest BCUT2D eigenvalue weighted by atomic mass is 19.1. The smallest absolute Gasteiger partial charge is 0.206 e. The number of aromatic nitrogens is 2. The fraction of sp³-hybridized carbons (Fsp3) is 0.125. The van der Waals surface area contributed by atoms with E-state index in [1.54, 1.807) is 18.3 Å². The van der Waals surface area contributed by atoms with E-state index in [1.807, 2.05) is 6.92 Å². The van der Waals surface area contributed by atoms with E-state index in [0.717, 1.165) is 11.1 Å². The van der Waals surface area contributed by atoms with Gasteiger partial charge in [0.1, 0.15) is 0 Å². The lowest BCUT2D eigenvalue weighted by molar-refractivity contribution is 0.544. The van der Waals surface area contributed by atoms with E-state index in [1.165, 1.54) is 10.6 Å². The van der Waals surface area contributed by atoms with Crippen LogP contribution in [0.5, 0.6) is 0 Å². The number of hydrogen-bond acceptors (Lipinski definition) is 1. The van der Waals surface area contributed by atoms with Crippen molar-refractivity contribution in [1.29, 1.82) is 0 Å². The number of pyridine rings is 1. The first kappa shape index (κ1) is 6.34. The minimum atomic E-state index is -0.324. The summed E-state index contributed by atoms with van der Waals surface area (Å²) in [4.78, 5) is 0. The van der Waals surface area contributed by atoms with Crippen molar-refractivity contribution in [3.05, 3.63) is 35.9 Å². The normalized spacial score (nSPS) is 10.7. The van der Waals surface area contributed by atoms with Crippen molar-refractivity contribution in [2.45, 2.75) is 6.92 Å². The van der Waals surface area contributed by atoms with E-state index in [9.17, 15) is 4.39 Å². The van der Waals surface area contributed by atoms with Gasteiger partial charge in [-0.05, 0) is 24.6 Å². The molecule has 11 heavy (non-hydrogen) atoms. The topological polar surface area (TPSA) is 17.3 Å². The summed E-state index contributed by atoms with van der Waals surface area (Å²) in [6.45, 7) is 1.93. The average molecular weight is 150 g/mol. The molecule has 0 aliphatic heterocycles. The van der Waals surface area contributed by atoms with Crippen molar-refractivity contribution in [2.75, 3.05) is 0 Å². The summed E-state index contributed by atoms with van der Waals surface area (Å²) in [5.74, 6) is -0.324. The highest BCUT2D eigenvalue weighted by Gasteiger charge is 2.00. The van der Waals surface area contributed by atoms with Gasteiger partial charge in [0.25, 0.3) is 0 Å². The zero-order chi connectivity index (χ0) is 7.84. The van der Waals surface area contributed by atoms with Crippen LogP contribution in [-0.2, 0) is 0 Å². The third-order valence-corrected chi connectivity index (χ3v) is 1.72. The fourth-order valence-electron chi connectivity index (χ4n) is 1.12. The largest absolute Gasteiger partial charge is 0.214 e. The Bertz CT molecular complexity index is 356. The van der Waals surface area contributed by atoms with Crippen LogP contribution >= 0.6 is 0 Å². The Morgan fingerprint density at radius 3 is 2.91 bits per heavy atom. The summed E-state index contributed by atoms with van der Waals surface area (Å²) in [7, 11) is 0. The summed E-state index contributed by atoms with van der Waals surface area (Å²) in [6, 6.07) is 4.94. The van der Waals surface area contributed by atoms with Crippen LogP contribution in [0.15, 0.2) is 24.4 Å². The van der Waals surface area contributed by atoms with Crippen LogP contribution in [0.3, 0.4) is 0 Å². The molecule has 0 atom stereocenters. The van der Waals surface area contributed by atoms with Crippen LogP contribution in [0.2, 0.25) is 0 Å². The van der Waals surface area contributed by atoms with Crippen LogP contribution in [0.4, 0.5) is 4.39 Å². The van der Waals surface area contributed by atoms with Crippen LogP contribution in [-0.4, -0.2) is 9.61 Å². The van der Waals surface area contributed by atoms with Gasteiger partial charge in [-0.2, -0.15) is 9.49 Å². The number of halogens is 1. The standard InChI is InChI=1S/C8H7FN2/c1-6-2-3-8(9)11-7(6)4-5-10-11/h2-5H,1H3. The molecule has 2 rings (SSSR count). The molecule has 2 heterocycles. The maximum Gasteiger partial charge on any atom is 0.214 e. The second kappa shape index (κ2) is 2.05. The molecule has 2 aromatic rings. The minimum Gasteiger partial charge on any atom is -0.206 e. The van der Waals surface area contributed by atoms with Crippen LogP contribution in [0.25, 0.3) is 5.52 Å². The summed E-state index contributed by atoms with van der Waals surface area (Å²) >= 11 is 0. The third kappa shape index (κ3) is 0.808. The van der Waals surface area contributed by atoms with Crippen molar-refractivity contribution in [3.63, 3.8) is 0 Å². The van der Waals surface area contributed by atoms with Gasteiger partial charge in [-0.25, -0.2) is 4.52 Å². The average Bonchev–Trinajstić information content (AvgIpc) is 2.45. The second-order valence-corrected chi connectivity index (χ2v) is 2.47. The molecule has 0 aliphatic rings. The Morgan fingerprint density at radius 2 is 2.18 bits per heavy atom. The predicted molar refractivity (Wildman–Crippen MR) is 39.9 cm³/mol. The maximum absolute atomic E-state index is 12.9. The highest BCUT2D eigenvalue weighted by Crippen LogP contribution is 2.10. The van der Waals surface area contributed by atoms with Crippen molar-refractivity contribution in [3.8, 4) is 0 Å². The molecule has 0 N–H and O–H groups in total. The lowest BCUT2D eigenvalue weighted by atomic mass is 10.2. The first-order chi connectivity index (χ1) is 5.29. The van der Waals surface area contributed by atoms with Crippen molar-refractivity contribution in [1.82, 2.24) is 9.61 Å². The zero-order valence-electron chi connectivity index (χ0n) is 6.08. The molecule has 56 valence electrons. The monoisotopic (exact) mass is 150 g/mol. The Hall–Kier alpha value is -1.38. The van der Waals surface area contributed by atoms with Gasteiger partial charge < -0.3 is 0 Å². The molecule has 0 bridgehead atoms. The van der Waals surface area contributed by atoms with Gasteiger partial charge in [0.05, 0.1) is 11.7 Å². The second-order valence-electron chi connectivity index (χ2n) is 2.47. The molecule has 2 aromatic heterocycles. The lowest BCUT2D eigenvalue weighted by Crippen LogP contribution is -1.94. The van der Waals surface area contributed by atoms with E-state index >= 15 is 0 Å². The third-order valence-electron chi connectivity index (χ3n) is 1.72. The molecule has 0 saturated heterocycles. The molecule has 0 fully saturated rings. The van der Waals surface area contributed by atoms with Crippen LogP contribution in [0.1, 0.15) is 5.56 Å². The van der Waals surface area contributed by atoms with Crippen LogP contribution < -0.4 is 0 Å². The minimum absolute atomic E-state index is 0.324. The number of aryl methyl sites for hydroxylation is 1. The van der Waals surface area contributed by atoms with Gasteiger partial charge in [0.15, 0.2) is 0 Å². The van der Waals surface area contributed by atoms with E-state index in [-0.39, 0.29) is 5.95 Å². The Labute approximate surface area is 63.3 Å². The summed E-state index contributed by atoms with van der Waals surface area (Å²) in [5, 5.41) is 3.82. The van der Waals surface area contributed by atoms with E-state index in [0.29, 0.717) is 0 Å². The molecule has 0 spiro atoms. The molecule has 2 nitrogen and oxygen atoms in total. The SMILES string of the molecule is Cc1ccc(F)n2nccc12. The van der Waals surface area contributed by atoms with Gasteiger partial charge in [-0.3, -0.25) is 0 Å². The van der Waals surface area contributed by atoms with Gasteiger partial charge in [-0.1, -0.05) is 6.07 Å². The predicted octanol–water partition coefficient (Wildman–Crippen LogP) is 1.78. The zero-order valence-corrected chi connectivity index (χ0v) is 6.08. The van der Waals surface area contributed by atoms with Crippen LogP contribution in [0, 0.1) is 12.9 Å². The molecule has 0 unspecified atom stereocenters. The summed E-state index contributed by atoms with van der Waals surface area (Å²) < 4.78 is 14.2. The molecule has 0 saturated carbocycles. The number of fused-ring (bicyclic) bond motifs is 1. The van der Waals surface area contributed by atoms with E-state index in [4.69, 9.17) is 0 Å². The Kier molecular flexibility index (Phi) is 1.18. The molecule has 0 aromatic carbocycles. The highest BCUT2D eigenvalue weighted by molar-refractivity contribution is 5.52. The van der Waals surface area contributed by atoms with Gasteiger partial charge >= 0.3 is 0 Å². The molecular formula is C8H7FN2. The van der Waals surface area contributed by atoms with Crippen molar-refractivity contribution >= 4 is 5.52 Å². The Morgan fingerprint density at radius 1 is 1.36 bits per heavy atom. The van der Waals surface area contributed by atoms with Crippen molar-refractivity contribution < 1.29 is 4.39 Å². The van der Waals surface area contributed by atoms with Gasteiger partial charge in [-0.15, -0.1) is 0 Å². The van der Waals surface area contributed by atoms with Gasteiger partial charge in [0.2, 0.25) is 5.95 Å². The fourth-order valence-corrected chi connectivity index (χ4v) is 1.12. The van der Waals surface area contributed by atoms with Gasteiger partial charge in [0, 0.05) is 0 Å². The maximum atomic E-state index is 12.9. The molecule has 0 radical (unpaired) electrons. The number of nitrogens with zero attached hydrogens (tertiary/aromatic N) is 2. The summed E-state index contributed by atoms with van der Waals surface area (Å²) in [5.41, 5.74) is 1.86. The van der Waals surface area contributed by atoms with E-state index < -0.39 is 0 Å². The first-order valence-electron chi connectivity index (χ1n) is 3.38. The molecule has 3 heteroatoms. The molecule has 0 amide bonds. The number of rotatable bonds is 0. The lowest BCUT2D eigenvalue weighted by Gasteiger charge is -1.97. The molecular weight excluding hydrogens is 143 g/mol. The summed E-state index contributed by atoms with van der Waals surface area (Å²) in [6.07, 6.45) is 1.59. The van der Waals surface area contributed by atoms with Crippen molar-refractivity contribution in [2.24, 2.45) is 0 Å². The quantitative estimate of drug-likeness (QED) is 0.523. The first-order valence-corrected chi connectivity index (χ1v) is 3.38. The van der Waals surface area contributed by atoms with E-state index in [2.05, 4.69) is 5.10 Å². The number of hydrogen-bond donors (Lipinski definition) is 0.